The summed E-state index contributed by atoms with van der Waals surface area (Å²) in [5, 5.41) is 0. The van der Waals surface area contributed by atoms with E-state index in [0.29, 0.717) is 0 Å². The highest BCUT2D eigenvalue weighted by Gasteiger charge is 2.31. The summed E-state index contributed by atoms with van der Waals surface area (Å²) in [6.07, 6.45) is -0.984. The SMILES string of the molecule is O=C(OCC(F)(F)F)C1=CN2CCS(=O)(=O)N=C2C=C1. The van der Waals surface area contributed by atoms with Gasteiger partial charge in [-0.05, 0) is 12.2 Å². The molecule has 6 nitrogen and oxygen atoms in total. The van der Waals surface area contributed by atoms with Crippen LogP contribution in [0, 0.1) is 0 Å². The lowest BCUT2D eigenvalue weighted by Gasteiger charge is -2.26. The molecule has 0 radical (unpaired) electrons. The molecule has 0 spiro atoms. The number of halogens is 3. The smallest absolute Gasteiger partial charge is 0.422 e. The highest BCUT2D eigenvalue weighted by molar-refractivity contribution is 7.90. The largest absolute Gasteiger partial charge is 0.452 e. The van der Waals surface area contributed by atoms with E-state index < -0.39 is 28.8 Å². The summed E-state index contributed by atoms with van der Waals surface area (Å²) in [6, 6.07) is 0. The number of carbonyl (C=O) groups excluding carboxylic acids is 1. The predicted octanol–water partition coefficient (Wildman–Crippen LogP) is 0.590. The normalized spacial score (nSPS) is 20.9. The van der Waals surface area contributed by atoms with Gasteiger partial charge >= 0.3 is 12.1 Å². The molecule has 110 valence electrons. The Hall–Kier alpha value is -1.84. The van der Waals surface area contributed by atoms with Crippen molar-refractivity contribution in [3.8, 4) is 0 Å². The van der Waals surface area contributed by atoms with Crippen molar-refractivity contribution in [2.75, 3.05) is 18.9 Å². The maximum atomic E-state index is 11.9. The number of rotatable bonds is 2. The Balaban J connectivity index is 2.09. The fraction of sp³-hybridized carbons (Fsp3) is 0.400. The molecule has 0 amide bonds. The number of nitrogens with zero attached hydrogens (tertiary/aromatic N) is 2. The highest BCUT2D eigenvalue weighted by atomic mass is 32.2. The molecule has 0 N–H and O–H groups in total. The molecule has 0 bridgehead atoms. The molecule has 0 atom stereocenters. The van der Waals surface area contributed by atoms with Gasteiger partial charge in [-0.1, -0.05) is 0 Å². The van der Waals surface area contributed by atoms with E-state index in [0.717, 1.165) is 6.08 Å². The Morgan fingerprint density at radius 1 is 1.40 bits per heavy atom. The van der Waals surface area contributed by atoms with E-state index in [4.69, 9.17) is 0 Å². The summed E-state index contributed by atoms with van der Waals surface area (Å²) < 4.78 is 65.8. The number of carbonyl (C=O) groups is 1. The van der Waals surface area contributed by atoms with Crippen LogP contribution in [0.2, 0.25) is 0 Å². The first-order valence-electron chi connectivity index (χ1n) is 5.39. The lowest BCUT2D eigenvalue weighted by atomic mass is 10.2. The van der Waals surface area contributed by atoms with Crippen LogP contribution in [0.3, 0.4) is 0 Å². The third-order valence-electron chi connectivity index (χ3n) is 2.43. The molecule has 0 aliphatic carbocycles. The van der Waals surface area contributed by atoms with Crippen LogP contribution < -0.4 is 0 Å². The summed E-state index contributed by atoms with van der Waals surface area (Å²) >= 11 is 0. The van der Waals surface area contributed by atoms with Gasteiger partial charge in [-0.3, -0.25) is 0 Å². The second-order valence-corrected chi connectivity index (χ2v) is 5.79. The Kier molecular flexibility index (Phi) is 3.59. The number of sulfonamides is 1. The molecule has 0 saturated carbocycles. The Morgan fingerprint density at radius 3 is 2.75 bits per heavy atom. The standard InChI is InChI=1S/C10H9F3N2O4S/c11-10(12,13)6-19-9(16)7-1-2-8-14-20(17,18)4-3-15(8)5-7/h1-2,5H,3-4,6H2. The molecule has 0 unspecified atom stereocenters. The molecular formula is C10H9F3N2O4S. The summed E-state index contributed by atoms with van der Waals surface area (Å²) in [5.74, 6) is -1.25. The maximum absolute atomic E-state index is 11.9. The third kappa shape index (κ3) is 3.59. The van der Waals surface area contributed by atoms with Crippen molar-refractivity contribution in [3.63, 3.8) is 0 Å². The molecule has 0 aromatic rings. The summed E-state index contributed by atoms with van der Waals surface area (Å²) in [6.45, 7) is -1.60. The molecule has 0 aromatic carbocycles. The third-order valence-corrected chi connectivity index (χ3v) is 3.59. The second kappa shape index (κ2) is 4.93. The average molecular weight is 310 g/mol. The van der Waals surface area contributed by atoms with Gasteiger partial charge in [-0.25, -0.2) is 13.2 Å². The molecule has 2 aliphatic heterocycles. The number of hydrogen-bond donors (Lipinski definition) is 0. The van der Waals surface area contributed by atoms with Gasteiger partial charge in [0.25, 0.3) is 10.0 Å². The number of ether oxygens (including phenoxy) is 1. The molecule has 2 rings (SSSR count). The van der Waals surface area contributed by atoms with E-state index in [1.165, 1.54) is 17.2 Å². The molecule has 10 heteroatoms. The van der Waals surface area contributed by atoms with Gasteiger partial charge in [0, 0.05) is 12.7 Å². The fourth-order valence-electron chi connectivity index (χ4n) is 1.55. The zero-order valence-electron chi connectivity index (χ0n) is 9.92. The molecule has 2 aliphatic rings. The number of esters is 1. The number of hydrogen-bond acceptors (Lipinski definition) is 5. The van der Waals surface area contributed by atoms with Crippen LogP contribution in [-0.2, 0) is 19.6 Å². The molecule has 0 aromatic heterocycles. The Morgan fingerprint density at radius 2 is 2.10 bits per heavy atom. The summed E-state index contributed by atoms with van der Waals surface area (Å²) in [5.41, 5.74) is -0.104. The summed E-state index contributed by atoms with van der Waals surface area (Å²) in [4.78, 5) is 12.8. The fourth-order valence-corrected chi connectivity index (χ4v) is 2.52. The van der Waals surface area contributed by atoms with Crippen molar-refractivity contribution in [2.24, 2.45) is 4.40 Å². The van der Waals surface area contributed by atoms with E-state index in [1.54, 1.807) is 0 Å². The Labute approximate surface area is 112 Å². The number of amidine groups is 1. The molecular weight excluding hydrogens is 301 g/mol. The topological polar surface area (TPSA) is 76.0 Å². The Bertz CT molecular complexity index is 619. The molecule has 20 heavy (non-hydrogen) atoms. The van der Waals surface area contributed by atoms with Crippen molar-refractivity contribution >= 4 is 21.8 Å². The lowest BCUT2D eigenvalue weighted by molar-refractivity contribution is -0.183. The van der Waals surface area contributed by atoms with Gasteiger partial charge in [0.1, 0.15) is 5.84 Å². The maximum Gasteiger partial charge on any atom is 0.422 e. The van der Waals surface area contributed by atoms with Crippen molar-refractivity contribution < 1.29 is 31.1 Å². The minimum absolute atomic E-state index is 0.0710. The minimum Gasteiger partial charge on any atom is -0.452 e. The minimum atomic E-state index is -4.60. The first-order chi connectivity index (χ1) is 9.16. The van der Waals surface area contributed by atoms with E-state index in [-0.39, 0.29) is 23.7 Å². The van der Waals surface area contributed by atoms with Gasteiger partial charge in [0.2, 0.25) is 0 Å². The van der Waals surface area contributed by atoms with E-state index in [1.807, 2.05) is 0 Å². The van der Waals surface area contributed by atoms with Gasteiger partial charge in [0.05, 0.1) is 11.3 Å². The first kappa shape index (κ1) is 14.6. The quantitative estimate of drug-likeness (QED) is 0.698. The monoisotopic (exact) mass is 310 g/mol. The van der Waals surface area contributed by atoms with E-state index in [9.17, 15) is 26.4 Å². The van der Waals surface area contributed by atoms with Crippen LogP contribution >= 0.6 is 0 Å². The summed E-state index contributed by atoms with van der Waals surface area (Å²) in [7, 11) is -3.52. The van der Waals surface area contributed by atoms with Crippen molar-refractivity contribution in [1.29, 1.82) is 0 Å². The van der Waals surface area contributed by atoms with E-state index >= 15 is 0 Å². The zero-order chi connectivity index (χ0) is 15.0. The van der Waals surface area contributed by atoms with Gasteiger partial charge in [0.15, 0.2) is 6.61 Å². The molecule has 0 saturated heterocycles. The molecule has 0 fully saturated rings. The zero-order valence-corrected chi connectivity index (χ0v) is 10.7. The first-order valence-corrected chi connectivity index (χ1v) is 7.00. The van der Waals surface area contributed by atoms with Crippen molar-refractivity contribution in [3.05, 3.63) is 23.9 Å². The van der Waals surface area contributed by atoms with Gasteiger partial charge in [-0.15, -0.1) is 4.40 Å². The van der Waals surface area contributed by atoms with Crippen LogP contribution in [0.15, 0.2) is 28.3 Å². The number of fused-ring (bicyclic) bond motifs is 1. The van der Waals surface area contributed by atoms with Crippen LogP contribution in [0.1, 0.15) is 0 Å². The van der Waals surface area contributed by atoms with E-state index in [2.05, 4.69) is 9.13 Å². The van der Waals surface area contributed by atoms with Crippen LogP contribution in [0.4, 0.5) is 13.2 Å². The van der Waals surface area contributed by atoms with Crippen LogP contribution in [0.5, 0.6) is 0 Å². The van der Waals surface area contributed by atoms with Crippen LogP contribution in [-0.4, -0.2) is 50.2 Å². The van der Waals surface area contributed by atoms with Crippen molar-refractivity contribution in [1.82, 2.24) is 4.90 Å². The second-order valence-electron chi connectivity index (χ2n) is 4.04. The van der Waals surface area contributed by atoms with Gasteiger partial charge in [-0.2, -0.15) is 13.2 Å². The predicted molar refractivity (Wildman–Crippen MR) is 62.2 cm³/mol. The highest BCUT2D eigenvalue weighted by Crippen LogP contribution is 2.19. The van der Waals surface area contributed by atoms with Crippen molar-refractivity contribution in [2.45, 2.75) is 6.18 Å². The lowest BCUT2D eigenvalue weighted by Crippen LogP contribution is -2.37. The van der Waals surface area contributed by atoms with Gasteiger partial charge < -0.3 is 9.64 Å². The molecule has 2 heterocycles. The average Bonchev–Trinajstić information content (AvgIpc) is 2.33. The number of alkyl halides is 3. The van der Waals surface area contributed by atoms with Crippen LogP contribution in [0.25, 0.3) is 0 Å².